The predicted octanol–water partition coefficient (Wildman–Crippen LogP) is 6.83. The Kier molecular flexibility index (Phi) is 6.77. The molecule has 0 amide bonds. The van der Waals surface area contributed by atoms with Crippen LogP contribution in [0.4, 0.5) is 0 Å². The summed E-state index contributed by atoms with van der Waals surface area (Å²) >= 11 is 0. The zero-order valence-corrected chi connectivity index (χ0v) is 22.7. The van der Waals surface area contributed by atoms with Gasteiger partial charge < -0.3 is 14.2 Å². The van der Waals surface area contributed by atoms with Gasteiger partial charge in [0.1, 0.15) is 0 Å². The number of fused-ring (bicyclic) bond motifs is 1. The molecule has 5 nitrogen and oxygen atoms in total. The molecular weight excluding hydrogens is 500 g/mol. The lowest BCUT2D eigenvalue weighted by atomic mass is 9.51. The zero-order valence-electron chi connectivity index (χ0n) is 22.7. The van der Waals surface area contributed by atoms with Gasteiger partial charge in [-0.25, -0.2) is 9.59 Å². The van der Waals surface area contributed by atoms with Crippen molar-refractivity contribution >= 4 is 11.9 Å². The average molecular weight is 533 g/mol. The van der Waals surface area contributed by atoms with E-state index in [9.17, 15) is 9.59 Å². The zero-order chi connectivity index (χ0) is 27.7. The van der Waals surface area contributed by atoms with Crippen molar-refractivity contribution in [1.29, 1.82) is 0 Å². The van der Waals surface area contributed by atoms with E-state index < -0.39 is 35.2 Å². The molecule has 0 fully saturated rings. The fraction of sp³-hybridized carbons (Fsp3) is 0.257. The number of benzene rings is 4. The molecule has 0 heterocycles. The minimum atomic E-state index is -1.16. The Hall–Kier alpha value is -4.22. The van der Waals surface area contributed by atoms with Crippen LogP contribution < -0.4 is 0 Å². The van der Waals surface area contributed by atoms with E-state index in [0.717, 1.165) is 35.1 Å². The molecule has 0 aliphatic heterocycles. The van der Waals surface area contributed by atoms with Crippen LogP contribution >= 0.6 is 0 Å². The lowest BCUT2D eigenvalue weighted by Crippen LogP contribution is -2.68. The number of carbonyl (C=O) groups is 2. The molecule has 3 aliphatic rings. The Morgan fingerprint density at radius 2 is 1.05 bits per heavy atom. The molecule has 5 heteroatoms. The van der Waals surface area contributed by atoms with Gasteiger partial charge in [-0.1, -0.05) is 98.3 Å². The summed E-state index contributed by atoms with van der Waals surface area (Å²) in [5, 5.41) is 0. The van der Waals surface area contributed by atoms with Gasteiger partial charge in [-0.2, -0.15) is 0 Å². The summed E-state index contributed by atoms with van der Waals surface area (Å²) in [6, 6.07) is 34.0. The van der Waals surface area contributed by atoms with E-state index in [1.807, 2.05) is 48.5 Å². The Balaban J connectivity index is 1.57. The maximum atomic E-state index is 13.7. The Labute approximate surface area is 234 Å². The molecule has 0 saturated heterocycles. The quantitative estimate of drug-likeness (QED) is 0.184. The van der Waals surface area contributed by atoms with Crippen molar-refractivity contribution < 1.29 is 23.8 Å². The second-order valence-corrected chi connectivity index (χ2v) is 10.6. The van der Waals surface area contributed by atoms with E-state index in [1.165, 1.54) is 0 Å². The molecule has 0 radical (unpaired) electrons. The van der Waals surface area contributed by atoms with Crippen LogP contribution in [0.25, 0.3) is 0 Å². The van der Waals surface area contributed by atoms with Crippen LogP contribution in [0.2, 0.25) is 0 Å². The Morgan fingerprint density at radius 1 is 0.625 bits per heavy atom. The van der Waals surface area contributed by atoms with Crippen molar-refractivity contribution in [3.05, 3.63) is 143 Å². The van der Waals surface area contributed by atoms with Gasteiger partial charge in [-0.3, -0.25) is 0 Å². The van der Waals surface area contributed by atoms with Crippen molar-refractivity contribution in [3.8, 4) is 0 Å². The number of carbonyl (C=O) groups excluding carboxylic acids is 2. The Bertz CT molecular complexity index is 1480. The summed E-state index contributed by atoms with van der Waals surface area (Å²) in [5.41, 5.74) is 2.78. The molecule has 3 aliphatic carbocycles. The SMILES string of the molecule is CCCCO[C@]12c3ccccc3[C@](C)(c3ccccc31)C(OC(=O)c1ccccc1)C2OC(=O)c1ccccc1. The largest absolute Gasteiger partial charge is 0.453 e. The van der Waals surface area contributed by atoms with E-state index >= 15 is 0 Å². The molecule has 202 valence electrons. The van der Waals surface area contributed by atoms with Gasteiger partial charge in [0.05, 0.1) is 16.5 Å². The average Bonchev–Trinajstić information content (AvgIpc) is 3.01. The van der Waals surface area contributed by atoms with E-state index in [2.05, 4.69) is 26.0 Å². The fourth-order valence-electron chi connectivity index (χ4n) is 6.39. The maximum Gasteiger partial charge on any atom is 0.338 e. The van der Waals surface area contributed by atoms with Crippen LogP contribution in [0.5, 0.6) is 0 Å². The molecule has 7 rings (SSSR count). The Morgan fingerprint density at radius 3 is 1.52 bits per heavy atom. The predicted molar refractivity (Wildman–Crippen MR) is 152 cm³/mol. The highest BCUT2D eigenvalue weighted by Gasteiger charge is 2.68. The first-order valence-corrected chi connectivity index (χ1v) is 13.9. The highest BCUT2D eigenvalue weighted by atomic mass is 16.6. The molecule has 4 aromatic rings. The molecule has 0 aromatic heterocycles. The van der Waals surface area contributed by atoms with Gasteiger partial charge in [0.2, 0.25) is 0 Å². The molecule has 2 unspecified atom stereocenters. The number of unbranched alkanes of at least 4 members (excludes halogenated alkanes) is 1. The number of hydrogen-bond donors (Lipinski definition) is 0. The summed E-state index contributed by atoms with van der Waals surface area (Å²) in [6.07, 6.45) is -0.00590. The van der Waals surface area contributed by atoms with Crippen LogP contribution in [0.3, 0.4) is 0 Å². The lowest BCUT2D eigenvalue weighted by molar-refractivity contribution is -0.179. The van der Waals surface area contributed by atoms with E-state index in [1.54, 1.807) is 48.5 Å². The summed E-state index contributed by atoms with van der Waals surface area (Å²) in [7, 11) is 0. The number of ether oxygens (including phenoxy) is 3. The van der Waals surface area contributed by atoms with Crippen molar-refractivity contribution in [2.24, 2.45) is 0 Å². The van der Waals surface area contributed by atoms with Crippen LogP contribution in [-0.2, 0) is 25.2 Å². The third kappa shape index (κ3) is 3.96. The van der Waals surface area contributed by atoms with Crippen LogP contribution in [0.1, 0.15) is 69.7 Å². The lowest BCUT2D eigenvalue weighted by Gasteiger charge is -2.59. The highest BCUT2D eigenvalue weighted by molar-refractivity contribution is 5.91. The topological polar surface area (TPSA) is 61.8 Å². The van der Waals surface area contributed by atoms with Crippen LogP contribution in [-0.4, -0.2) is 30.8 Å². The fourth-order valence-corrected chi connectivity index (χ4v) is 6.39. The molecule has 0 spiro atoms. The minimum Gasteiger partial charge on any atom is -0.453 e. The van der Waals surface area contributed by atoms with Gasteiger partial charge >= 0.3 is 11.9 Å². The first-order valence-electron chi connectivity index (χ1n) is 13.9. The first-order chi connectivity index (χ1) is 19.5. The van der Waals surface area contributed by atoms with Crippen molar-refractivity contribution in [1.82, 2.24) is 0 Å². The normalized spacial score (nSPS) is 24.1. The highest BCUT2D eigenvalue weighted by Crippen LogP contribution is 2.61. The second kappa shape index (κ2) is 10.4. The van der Waals surface area contributed by atoms with Crippen LogP contribution in [0, 0.1) is 0 Å². The van der Waals surface area contributed by atoms with Gasteiger partial charge in [-0.05, 0) is 59.9 Å². The van der Waals surface area contributed by atoms with Gasteiger partial charge in [0, 0.05) is 6.61 Å². The van der Waals surface area contributed by atoms with Gasteiger partial charge in [0.15, 0.2) is 17.8 Å². The number of hydrogen-bond acceptors (Lipinski definition) is 5. The molecule has 2 atom stereocenters. The summed E-state index contributed by atoms with van der Waals surface area (Å²) in [4.78, 5) is 27.3. The van der Waals surface area contributed by atoms with E-state index in [0.29, 0.717) is 17.7 Å². The summed E-state index contributed by atoms with van der Waals surface area (Å²) in [6.45, 7) is 4.64. The minimum absolute atomic E-state index is 0.424. The van der Waals surface area contributed by atoms with E-state index in [-0.39, 0.29) is 0 Å². The van der Waals surface area contributed by atoms with Gasteiger partial charge in [0.25, 0.3) is 0 Å². The second-order valence-electron chi connectivity index (χ2n) is 10.6. The van der Waals surface area contributed by atoms with Crippen molar-refractivity contribution in [2.75, 3.05) is 6.61 Å². The molecule has 0 saturated carbocycles. The van der Waals surface area contributed by atoms with Crippen molar-refractivity contribution in [2.45, 2.75) is 49.9 Å². The monoisotopic (exact) mass is 532 g/mol. The van der Waals surface area contributed by atoms with Gasteiger partial charge in [-0.15, -0.1) is 0 Å². The smallest absolute Gasteiger partial charge is 0.338 e. The third-order valence-electron chi connectivity index (χ3n) is 8.33. The standard InChI is InChI=1S/C35H32O5/c1-3-4-23-38-35-28-21-13-11-19-26(28)34(2,27-20-12-14-22-29(27)35)30(39-32(36)24-15-7-5-8-16-24)31(35)40-33(37)25-17-9-6-10-18-25/h5-22,30-31H,3-4,23H2,1-2H3/t30?,31?,34-,35-. The number of rotatable bonds is 8. The molecule has 0 N–H and O–H groups in total. The number of esters is 2. The first kappa shape index (κ1) is 26.0. The third-order valence-corrected chi connectivity index (χ3v) is 8.33. The van der Waals surface area contributed by atoms with E-state index in [4.69, 9.17) is 14.2 Å². The van der Waals surface area contributed by atoms with Crippen molar-refractivity contribution in [3.63, 3.8) is 0 Å². The van der Waals surface area contributed by atoms with Crippen LogP contribution in [0.15, 0.2) is 109 Å². The summed E-state index contributed by atoms with van der Waals surface area (Å²) < 4.78 is 19.7. The molecule has 4 aromatic carbocycles. The maximum absolute atomic E-state index is 13.7. The molecular formula is C35H32O5. The molecule has 2 bridgehead atoms. The molecule has 40 heavy (non-hydrogen) atoms. The summed E-state index contributed by atoms with van der Waals surface area (Å²) in [5.74, 6) is -0.963.